The Morgan fingerprint density at radius 2 is 1.85 bits per heavy atom. The molecule has 7 nitrogen and oxygen atoms in total. The number of nitrogens with one attached hydrogen (secondary N) is 1. The molecule has 0 fully saturated rings. The summed E-state index contributed by atoms with van der Waals surface area (Å²) in [5.74, 6) is 3.05. The van der Waals surface area contributed by atoms with E-state index in [-0.39, 0.29) is 12.7 Å². The molecule has 176 valence electrons. The summed E-state index contributed by atoms with van der Waals surface area (Å²) in [6.07, 6.45) is 0.500. The van der Waals surface area contributed by atoms with Crippen molar-refractivity contribution in [2.75, 3.05) is 30.7 Å². The molecule has 1 unspecified atom stereocenters. The highest BCUT2D eigenvalue weighted by Crippen LogP contribution is 2.42. The Kier molecular flexibility index (Phi) is 5.92. The molecular formula is C27H28N2O5. The van der Waals surface area contributed by atoms with Gasteiger partial charge in [-0.3, -0.25) is 9.69 Å². The van der Waals surface area contributed by atoms with Crippen LogP contribution in [0.4, 0.5) is 11.4 Å². The summed E-state index contributed by atoms with van der Waals surface area (Å²) in [5.41, 5.74) is 2.97. The van der Waals surface area contributed by atoms with Crippen molar-refractivity contribution in [3.05, 3.63) is 71.8 Å². The number of ether oxygens (including phenoxy) is 4. The van der Waals surface area contributed by atoms with Gasteiger partial charge >= 0.3 is 0 Å². The average molecular weight is 461 g/mol. The summed E-state index contributed by atoms with van der Waals surface area (Å²) in [5, 5.41) is 3.53. The Morgan fingerprint density at radius 3 is 2.68 bits per heavy atom. The predicted octanol–water partition coefficient (Wildman–Crippen LogP) is 5.62. The number of amides is 1. The van der Waals surface area contributed by atoms with Gasteiger partial charge in [-0.05, 0) is 54.3 Å². The number of anilines is 2. The molecule has 34 heavy (non-hydrogen) atoms. The lowest BCUT2D eigenvalue weighted by molar-refractivity contribution is 0.0975. The van der Waals surface area contributed by atoms with E-state index in [1.807, 2.05) is 60.7 Å². The van der Waals surface area contributed by atoms with Gasteiger partial charge < -0.3 is 24.3 Å². The van der Waals surface area contributed by atoms with E-state index in [2.05, 4.69) is 19.2 Å². The molecule has 5 rings (SSSR count). The van der Waals surface area contributed by atoms with Crippen LogP contribution in [0.2, 0.25) is 0 Å². The highest BCUT2D eigenvalue weighted by Gasteiger charge is 2.35. The summed E-state index contributed by atoms with van der Waals surface area (Å²) >= 11 is 0. The molecule has 0 aromatic heterocycles. The van der Waals surface area contributed by atoms with Crippen LogP contribution in [0.25, 0.3) is 0 Å². The monoisotopic (exact) mass is 460 g/mol. The van der Waals surface area contributed by atoms with Crippen LogP contribution < -0.4 is 29.2 Å². The Labute approximate surface area is 199 Å². The number of hydrogen-bond donors (Lipinski definition) is 1. The second-order valence-electron chi connectivity index (χ2n) is 8.75. The van der Waals surface area contributed by atoms with Gasteiger partial charge in [-0.2, -0.15) is 0 Å². The van der Waals surface area contributed by atoms with Crippen LogP contribution in [-0.2, 0) is 0 Å². The average Bonchev–Trinajstić information content (AvgIpc) is 3.32. The van der Waals surface area contributed by atoms with Gasteiger partial charge in [-0.25, -0.2) is 0 Å². The van der Waals surface area contributed by atoms with Crippen molar-refractivity contribution >= 4 is 17.3 Å². The molecule has 3 aromatic carbocycles. The molecule has 1 amide bonds. The first-order chi connectivity index (χ1) is 16.5. The number of carbonyl (C=O) groups excluding carboxylic acids is 1. The van der Waals surface area contributed by atoms with Crippen molar-refractivity contribution in [1.82, 2.24) is 0 Å². The lowest BCUT2D eigenvalue weighted by atomic mass is 10.0. The van der Waals surface area contributed by atoms with E-state index in [1.54, 1.807) is 12.0 Å². The molecule has 2 aliphatic heterocycles. The normalized spacial score (nSPS) is 16.3. The maximum Gasteiger partial charge on any atom is 0.262 e. The van der Waals surface area contributed by atoms with Crippen LogP contribution in [0.1, 0.15) is 42.4 Å². The van der Waals surface area contributed by atoms with E-state index in [0.29, 0.717) is 46.8 Å². The first kappa shape index (κ1) is 21.9. The van der Waals surface area contributed by atoms with Crippen LogP contribution in [0.15, 0.2) is 60.7 Å². The third-order valence-corrected chi connectivity index (χ3v) is 6.02. The topological polar surface area (TPSA) is 69.3 Å². The van der Waals surface area contributed by atoms with Gasteiger partial charge in [0.1, 0.15) is 6.17 Å². The van der Waals surface area contributed by atoms with Crippen molar-refractivity contribution in [3.63, 3.8) is 0 Å². The van der Waals surface area contributed by atoms with Crippen LogP contribution in [0.5, 0.6) is 23.0 Å². The molecule has 0 radical (unpaired) electrons. The molecule has 2 heterocycles. The molecule has 0 bridgehead atoms. The standard InChI is InChI=1S/C27H28N2O5/c1-17(2)12-13-32-22-10-8-18(14-24(22)31-3)26-28-21-7-5-4-6-20(21)27(30)29(26)19-9-11-23-25(15-19)34-16-33-23/h4-11,14-15,17,26,28H,12-13,16H2,1-3H3. The minimum Gasteiger partial charge on any atom is -0.493 e. The summed E-state index contributed by atoms with van der Waals surface area (Å²) in [6, 6.07) is 18.8. The zero-order chi connectivity index (χ0) is 23.7. The van der Waals surface area contributed by atoms with Gasteiger partial charge in [-0.15, -0.1) is 0 Å². The molecule has 7 heteroatoms. The van der Waals surface area contributed by atoms with Crippen molar-refractivity contribution < 1.29 is 23.7 Å². The first-order valence-corrected chi connectivity index (χ1v) is 11.4. The Balaban J connectivity index is 1.53. The van der Waals surface area contributed by atoms with Crippen LogP contribution in [0.3, 0.4) is 0 Å². The molecule has 3 aromatic rings. The molecule has 1 N–H and O–H groups in total. The van der Waals surface area contributed by atoms with E-state index in [1.165, 1.54) is 0 Å². The van der Waals surface area contributed by atoms with Crippen LogP contribution in [-0.4, -0.2) is 26.4 Å². The Hall–Kier alpha value is -3.87. The van der Waals surface area contributed by atoms with Crippen molar-refractivity contribution in [3.8, 4) is 23.0 Å². The third-order valence-electron chi connectivity index (χ3n) is 6.02. The van der Waals surface area contributed by atoms with Crippen molar-refractivity contribution in [2.45, 2.75) is 26.4 Å². The van der Waals surface area contributed by atoms with E-state index >= 15 is 0 Å². The van der Waals surface area contributed by atoms with Crippen LogP contribution >= 0.6 is 0 Å². The summed E-state index contributed by atoms with van der Waals surface area (Å²) in [7, 11) is 1.62. The van der Waals surface area contributed by atoms with E-state index < -0.39 is 6.17 Å². The number of nitrogens with zero attached hydrogens (tertiary/aromatic N) is 1. The summed E-state index contributed by atoms with van der Waals surface area (Å²) in [6.45, 7) is 5.12. The van der Waals surface area contributed by atoms with Gasteiger partial charge in [0.25, 0.3) is 5.91 Å². The number of benzene rings is 3. The molecular weight excluding hydrogens is 432 g/mol. The minimum absolute atomic E-state index is 0.102. The van der Waals surface area contributed by atoms with Gasteiger partial charge in [0.15, 0.2) is 23.0 Å². The SMILES string of the molecule is COc1cc(C2Nc3ccccc3C(=O)N2c2ccc3c(c2)OCO3)ccc1OCCC(C)C. The second-order valence-corrected chi connectivity index (χ2v) is 8.75. The molecule has 0 spiro atoms. The van der Waals surface area contributed by atoms with Crippen LogP contribution in [0, 0.1) is 5.92 Å². The number of carbonyl (C=O) groups is 1. The highest BCUT2D eigenvalue weighted by atomic mass is 16.7. The zero-order valence-corrected chi connectivity index (χ0v) is 19.5. The Bertz CT molecular complexity index is 1210. The zero-order valence-electron chi connectivity index (χ0n) is 19.5. The fourth-order valence-electron chi connectivity index (χ4n) is 4.17. The quantitative estimate of drug-likeness (QED) is 0.494. The highest BCUT2D eigenvalue weighted by molar-refractivity contribution is 6.12. The van der Waals surface area contributed by atoms with Gasteiger partial charge in [0, 0.05) is 11.8 Å². The van der Waals surface area contributed by atoms with Gasteiger partial charge in [0.05, 0.1) is 25.0 Å². The molecule has 2 aliphatic rings. The fourth-order valence-corrected chi connectivity index (χ4v) is 4.17. The molecule has 0 aliphatic carbocycles. The molecule has 0 saturated heterocycles. The van der Waals surface area contributed by atoms with Gasteiger partial charge in [0.2, 0.25) is 6.79 Å². The fraction of sp³-hybridized carbons (Fsp3) is 0.296. The van der Waals surface area contributed by atoms with Crippen molar-refractivity contribution in [2.24, 2.45) is 5.92 Å². The van der Waals surface area contributed by atoms with E-state index in [0.717, 1.165) is 17.7 Å². The largest absolute Gasteiger partial charge is 0.493 e. The smallest absolute Gasteiger partial charge is 0.262 e. The predicted molar refractivity (Wildman–Crippen MR) is 130 cm³/mol. The molecule has 1 atom stereocenters. The number of methoxy groups -OCH3 is 1. The summed E-state index contributed by atoms with van der Waals surface area (Å²) < 4.78 is 22.6. The maximum absolute atomic E-state index is 13.7. The number of para-hydroxylation sites is 1. The minimum atomic E-state index is -0.457. The van der Waals surface area contributed by atoms with E-state index in [4.69, 9.17) is 18.9 Å². The molecule has 0 saturated carbocycles. The number of hydrogen-bond acceptors (Lipinski definition) is 6. The maximum atomic E-state index is 13.7. The van der Waals surface area contributed by atoms with Crippen molar-refractivity contribution in [1.29, 1.82) is 0 Å². The van der Waals surface area contributed by atoms with E-state index in [9.17, 15) is 4.79 Å². The summed E-state index contributed by atoms with van der Waals surface area (Å²) in [4.78, 5) is 15.4. The number of fused-ring (bicyclic) bond motifs is 2. The lowest BCUT2D eigenvalue weighted by Crippen LogP contribution is -2.43. The van der Waals surface area contributed by atoms with Gasteiger partial charge in [-0.1, -0.05) is 32.0 Å². The lowest BCUT2D eigenvalue weighted by Gasteiger charge is -2.38. The number of rotatable bonds is 7. The third kappa shape index (κ3) is 4.09. The first-order valence-electron chi connectivity index (χ1n) is 11.4. The second kappa shape index (κ2) is 9.17. The Morgan fingerprint density at radius 1 is 1.03 bits per heavy atom.